The molecule has 152 valence electrons. The molecule has 1 amide bonds. The number of nitrogens with one attached hydrogen (secondary N) is 1. The lowest BCUT2D eigenvalue weighted by Gasteiger charge is -2.20. The summed E-state index contributed by atoms with van der Waals surface area (Å²) in [5.74, 6) is 1.02. The van der Waals surface area contributed by atoms with Crippen LogP contribution in [0.5, 0.6) is 5.75 Å². The Morgan fingerprint density at radius 3 is 2.38 bits per heavy atom. The first-order valence-corrected chi connectivity index (χ1v) is 9.87. The standard InChI is InChI=1S/C23H28N4O2/c1-15(2)22-11-10-21(12-16(22)3)29-18(5)23(28)26-17(4)19-6-8-20(9-7-19)27-14-24-13-25-27/h6-15,17-18H,1-5H3,(H,26,28). The van der Waals surface area contributed by atoms with E-state index < -0.39 is 6.10 Å². The van der Waals surface area contributed by atoms with E-state index in [0.717, 1.165) is 11.3 Å². The topological polar surface area (TPSA) is 69.0 Å². The summed E-state index contributed by atoms with van der Waals surface area (Å²) in [5.41, 5.74) is 4.39. The van der Waals surface area contributed by atoms with Crippen molar-refractivity contribution in [3.8, 4) is 11.4 Å². The van der Waals surface area contributed by atoms with Crippen LogP contribution in [-0.2, 0) is 4.79 Å². The minimum Gasteiger partial charge on any atom is -0.481 e. The summed E-state index contributed by atoms with van der Waals surface area (Å²) in [4.78, 5) is 16.5. The van der Waals surface area contributed by atoms with Crippen molar-refractivity contribution >= 4 is 5.91 Å². The van der Waals surface area contributed by atoms with Gasteiger partial charge in [-0.25, -0.2) is 9.67 Å². The molecule has 0 aliphatic heterocycles. The van der Waals surface area contributed by atoms with Crippen LogP contribution < -0.4 is 10.1 Å². The number of aromatic nitrogens is 3. The van der Waals surface area contributed by atoms with Gasteiger partial charge < -0.3 is 10.1 Å². The maximum atomic E-state index is 12.6. The van der Waals surface area contributed by atoms with Gasteiger partial charge in [-0.2, -0.15) is 5.10 Å². The predicted molar refractivity (Wildman–Crippen MR) is 113 cm³/mol. The highest BCUT2D eigenvalue weighted by molar-refractivity contribution is 5.81. The van der Waals surface area contributed by atoms with Crippen LogP contribution in [0.3, 0.4) is 0 Å². The molecule has 1 N–H and O–H groups in total. The lowest BCUT2D eigenvalue weighted by molar-refractivity contribution is -0.127. The van der Waals surface area contributed by atoms with Gasteiger partial charge in [0.1, 0.15) is 18.4 Å². The van der Waals surface area contributed by atoms with Crippen molar-refractivity contribution in [3.63, 3.8) is 0 Å². The molecule has 29 heavy (non-hydrogen) atoms. The highest BCUT2D eigenvalue weighted by atomic mass is 16.5. The van der Waals surface area contributed by atoms with Gasteiger partial charge in [0, 0.05) is 0 Å². The summed E-state index contributed by atoms with van der Waals surface area (Å²) in [7, 11) is 0. The van der Waals surface area contributed by atoms with E-state index in [4.69, 9.17) is 4.74 Å². The number of benzene rings is 2. The van der Waals surface area contributed by atoms with E-state index in [1.807, 2.05) is 43.3 Å². The highest BCUT2D eigenvalue weighted by Gasteiger charge is 2.18. The quantitative estimate of drug-likeness (QED) is 0.649. The average Bonchev–Trinajstić information content (AvgIpc) is 3.22. The highest BCUT2D eigenvalue weighted by Crippen LogP contribution is 2.24. The van der Waals surface area contributed by atoms with Crippen LogP contribution >= 0.6 is 0 Å². The van der Waals surface area contributed by atoms with E-state index in [-0.39, 0.29) is 11.9 Å². The predicted octanol–water partition coefficient (Wildman–Crippen LogP) is 4.34. The Bertz CT molecular complexity index is 950. The van der Waals surface area contributed by atoms with Gasteiger partial charge in [0.15, 0.2) is 6.10 Å². The van der Waals surface area contributed by atoms with Crippen molar-refractivity contribution in [1.29, 1.82) is 0 Å². The van der Waals surface area contributed by atoms with E-state index in [2.05, 4.69) is 42.2 Å². The van der Waals surface area contributed by atoms with Crippen LogP contribution in [0.4, 0.5) is 0 Å². The average molecular weight is 393 g/mol. The van der Waals surface area contributed by atoms with Gasteiger partial charge in [-0.05, 0) is 67.6 Å². The fourth-order valence-corrected chi connectivity index (χ4v) is 3.30. The van der Waals surface area contributed by atoms with E-state index in [1.54, 1.807) is 17.9 Å². The molecule has 0 fully saturated rings. The number of carbonyl (C=O) groups excluding carboxylic acids is 1. The van der Waals surface area contributed by atoms with Gasteiger partial charge in [-0.3, -0.25) is 4.79 Å². The molecule has 3 rings (SSSR count). The number of rotatable bonds is 7. The van der Waals surface area contributed by atoms with Gasteiger partial charge in [0.25, 0.3) is 5.91 Å². The monoisotopic (exact) mass is 392 g/mol. The van der Waals surface area contributed by atoms with E-state index >= 15 is 0 Å². The fourth-order valence-electron chi connectivity index (χ4n) is 3.30. The molecule has 6 nitrogen and oxygen atoms in total. The Balaban J connectivity index is 1.59. The van der Waals surface area contributed by atoms with Gasteiger partial charge in [0.2, 0.25) is 0 Å². The molecule has 6 heteroatoms. The molecular weight excluding hydrogens is 364 g/mol. The molecule has 0 saturated heterocycles. The molecule has 1 heterocycles. The largest absolute Gasteiger partial charge is 0.481 e. The van der Waals surface area contributed by atoms with Crippen LogP contribution in [-0.4, -0.2) is 26.8 Å². The second kappa shape index (κ2) is 8.90. The maximum absolute atomic E-state index is 12.6. The number of carbonyl (C=O) groups is 1. The maximum Gasteiger partial charge on any atom is 0.261 e. The minimum absolute atomic E-state index is 0.136. The summed E-state index contributed by atoms with van der Waals surface area (Å²) < 4.78 is 7.56. The van der Waals surface area contributed by atoms with Crippen molar-refractivity contribution in [2.24, 2.45) is 0 Å². The molecule has 2 atom stereocenters. The molecule has 1 aromatic heterocycles. The van der Waals surface area contributed by atoms with Crippen molar-refractivity contribution in [2.45, 2.75) is 52.7 Å². The lowest BCUT2D eigenvalue weighted by atomic mass is 9.98. The lowest BCUT2D eigenvalue weighted by Crippen LogP contribution is -2.37. The SMILES string of the molecule is Cc1cc(OC(C)C(=O)NC(C)c2ccc(-n3cncn3)cc2)ccc1C(C)C. The number of nitrogens with zero attached hydrogens (tertiary/aromatic N) is 3. The van der Waals surface area contributed by atoms with Crippen molar-refractivity contribution in [2.75, 3.05) is 0 Å². The molecule has 2 unspecified atom stereocenters. The molecule has 0 saturated carbocycles. The molecule has 3 aromatic rings. The first kappa shape index (κ1) is 20.6. The second-order valence-electron chi connectivity index (χ2n) is 7.60. The summed E-state index contributed by atoms with van der Waals surface area (Å²) in [6.07, 6.45) is 2.56. The van der Waals surface area contributed by atoms with Gasteiger partial charge in [-0.1, -0.05) is 32.0 Å². The Kier molecular flexibility index (Phi) is 6.32. The summed E-state index contributed by atoms with van der Waals surface area (Å²) in [6.45, 7) is 10.1. The van der Waals surface area contributed by atoms with Crippen molar-refractivity contribution in [1.82, 2.24) is 20.1 Å². The molecule has 0 bridgehead atoms. The Hall–Kier alpha value is -3.15. The normalized spacial score (nSPS) is 13.2. The second-order valence-corrected chi connectivity index (χ2v) is 7.60. The number of aryl methyl sites for hydroxylation is 1. The van der Waals surface area contributed by atoms with Crippen LogP contribution in [0.15, 0.2) is 55.1 Å². The third kappa shape index (κ3) is 5.02. The van der Waals surface area contributed by atoms with Gasteiger partial charge in [0.05, 0.1) is 11.7 Å². The number of ether oxygens (including phenoxy) is 1. The van der Waals surface area contributed by atoms with E-state index in [9.17, 15) is 4.79 Å². The summed E-state index contributed by atoms with van der Waals surface area (Å²) >= 11 is 0. The molecule has 0 aliphatic carbocycles. The van der Waals surface area contributed by atoms with E-state index in [1.165, 1.54) is 17.5 Å². The molecule has 0 radical (unpaired) electrons. The third-order valence-corrected chi connectivity index (χ3v) is 4.98. The zero-order valence-electron chi connectivity index (χ0n) is 17.6. The zero-order valence-corrected chi connectivity index (χ0v) is 17.6. The third-order valence-electron chi connectivity index (χ3n) is 4.98. The molecule has 0 aliphatic rings. The number of hydrogen-bond donors (Lipinski definition) is 1. The minimum atomic E-state index is -0.587. The van der Waals surface area contributed by atoms with Crippen molar-refractivity contribution < 1.29 is 9.53 Å². The van der Waals surface area contributed by atoms with Crippen molar-refractivity contribution in [3.05, 3.63) is 71.8 Å². The van der Waals surface area contributed by atoms with Gasteiger partial charge in [-0.15, -0.1) is 0 Å². The molecule has 2 aromatic carbocycles. The van der Waals surface area contributed by atoms with Crippen LogP contribution in [0.25, 0.3) is 5.69 Å². The first-order valence-electron chi connectivity index (χ1n) is 9.87. The summed E-state index contributed by atoms with van der Waals surface area (Å²) in [6, 6.07) is 13.7. The Morgan fingerprint density at radius 1 is 1.07 bits per heavy atom. The molecule has 0 spiro atoms. The smallest absolute Gasteiger partial charge is 0.261 e. The van der Waals surface area contributed by atoms with Crippen LogP contribution in [0, 0.1) is 6.92 Å². The number of amides is 1. The fraction of sp³-hybridized carbons (Fsp3) is 0.348. The number of hydrogen-bond acceptors (Lipinski definition) is 4. The Labute approximate surface area is 171 Å². The molecular formula is C23H28N4O2. The van der Waals surface area contributed by atoms with E-state index in [0.29, 0.717) is 11.7 Å². The van der Waals surface area contributed by atoms with Gasteiger partial charge >= 0.3 is 0 Å². The van der Waals surface area contributed by atoms with Crippen LogP contribution in [0.1, 0.15) is 56.3 Å². The summed E-state index contributed by atoms with van der Waals surface area (Å²) in [5, 5.41) is 7.13. The first-order chi connectivity index (χ1) is 13.8. The zero-order chi connectivity index (χ0) is 21.0. The van der Waals surface area contributed by atoms with Crippen LogP contribution in [0.2, 0.25) is 0 Å². The Morgan fingerprint density at radius 2 is 1.79 bits per heavy atom.